The van der Waals surface area contributed by atoms with Crippen molar-refractivity contribution in [2.45, 2.75) is 13.3 Å². The maximum Gasteiger partial charge on any atom is 0.373 e. The van der Waals surface area contributed by atoms with Gasteiger partial charge in [0.25, 0.3) is 0 Å². The molecule has 110 valence electrons. The predicted octanol–water partition coefficient (Wildman–Crippen LogP) is 3.14. The van der Waals surface area contributed by atoms with E-state index in [9.17, 15) is 14.5 Å². The van der Waals surface area contributed by atoms with Gasteiger partial charge in [-0.25, -0.2) is 9.37 Å². The minimum Gasteiger partial charge on any atom is -0.433 e. The molecule has 21 heavy (non-hydrogen) atoms. The maximum absolute atomic E-state index is 13.1. The summed E-state index contributed by atoms with van der Waals surface area (Å²) in [6, 6.07) is 5.28. The van der Waals surface area contributed by atoms with Crippen LogP contribution in [0.4, 0.5) is 15.9 Å². The summed E-state index contributed by atoms with van der Waals surface area (Å²) in [5.74, 6) is -0.547. The molecule has 0 saturated carbocycles. The first-order chi connectivity index (χ1) is 10.1. The van der Waals surface area contributed by atoms with Gasteiger partial charge in [0.2, 0.25) is 5.82 Å². The highest BCUT2D eigenvalue weighted by atomic mass is 19.1. The summed E-state index contributed by atoms with van der Waals surface area (Å²) < 4.78 is 18.4. The first kappa shape index (κ1) is 14.6. The van der Waals surface area contributed by atoms with Gasteiger partial charge in [0.1, 0.15) is 17.9 Å². The molecule has 0 aliphatic heterocycles. The number of aromatic nitrogens is 2. The number of nitrogens with zero attached hydrogens (tertiary/aromatic N) is 3. The summed E-state index contributed by atoms with van der Waals surface area (Å²) in [6.45, 7) is 2.45. The monoisotopic (exact) mass is 292 g/mol. The quantitative estimate of drug-likeness (QED) is 0.649. The Morgan fingerprint density at radius 2 is 2.24 bits per heavy atom. The largest absolute Gasteiger partial charge is 0.433 e. The van der Waals surface area contributed by atoms with Gasteiger partial charge in [0.15, 0.2) is 0 Å². The van der Waals surface area contributed by atoms with Crippen molar-refractivity contribution in [1.29, 1.82) is 0 Å². The number of nitrogens with one attached hydrogen (secondary N) is 1. The van der Waals surface area contributed by atoms with E-state index in [-0.39, 0.29) is 23.1 Å². The van der Waals surface area contributed by atoms with Gasteiger partial charge >= 0.3 is 11.6 Å². The van der Waals surface area contributed by atoms with Gasteiger partial charge in [0.05, 0.1) is 4.92 Å². The topological polar surface area (TPSA) is 90.2 Å². The highest BCUT2D eigenvalue weighted by Crippen LogP contribution is 2.33. The number of hydrogen-bond acceptors (Lipinski definition) is 6. The van der Waals surface area contributed by atoms with Crippen molar-refractivity contribution in [3.05, 3.63) is 46.5 Å². The molecule has 1 aromatic heterocycles. The minimum atomic E-state index is -0.632. The molecule has 8 heteroatoms. The maximum atomic E-state index is 13.1. The van der Waals surface area contributed by atoms with Crippen molar-refractivity contribution in [3.63, 3.8) is 0 Å². The van der Waals surface area contributed by atoms with E-state index >= 15 is 0 Å². The van der Waals surface area contributed by atoms with Crippen LogP contribution in [0.25, 0.3) is 0 Å². The second kappa shape index (κ2) is 6.60. The smallest absolute Gasteiger partial charge is 0.373 e. The first-order valence-electron chi connectivity index (χ1n) is 6.28. The Hall–Kier alpha value is -2.77. The third-order valence-electron chi connectivity index (χ3n) is 2.52. The normalized spacial score (nSPS) is 10.2. The van der Waals surface area contributed by atoms with E-state index < -0.39 is 10.7 Å². The van der Waals surface area contributed by atoms with Gasteiger partial charge in [-0.05, 0) is 18.6 Å². The van der Waals surface area contributed by atoms with Gasteiger partial charge in [-0.15, -0.1) is 0 Å². The molecule has 7 nitrogen and oxygen atoms in total. The van der Waals surface area contributed by atoms with Crippen molar-refractivity contribution in [3.8, 4) is 11.6 Å². The molecule has 0 saturated heterocycles. The van der Waals surface area contributed by atoms with Gasteiger partial charge in [-0.1, -0.05) is 13.0 Å². The Kier molecular flexibility index (Phi) is 4.60. The number of ether oxygens (including phenoxy) is 1. The van der Waals surface area contributed by atoms with Crippen LogP contribution in [0, 0.1) is 15.9 Å². The van der Waals surface area contributed by atoms with Crippen LogP contribution in [0.2, 0.25) is 0 Å². The lowest BCUT2D eigenvalue weighted by molar-refractivity contribution is -0.385. The Labute approximate surface area is 120 Å². The number of hydrogen-bond donors (Lipinski definition) is 1. The molecule has 0 radical (unpaired) electrons. The lowest BCUT2D eigenvalue weighted by Gasteiger charge is -2.08. The standard InChI is InChI=1S/C13H13FN4O3/c1-2-6-15-12-11(18(19)20)13(17-8-16-12)21-10-5-3-4-9(14)7-10/h3-5,7-8H,2,6H2,1H3,(H,15,16,17). The van der Waals surface area contributed by atoms with Gasteiger partial charge in [-0.3, -0.25) is 10.1 Å². The molecule has 0 atom stereocenters. The fourth-order valence-electron chi connectivity index (χ4n) is 1.62. The summed E-state index contributed by atoms with van der Waals surface area (Å²) in [5, 5.41) is 14.0. The van der Waals surface area contributed by atoms with Crippen LogP contribution in [0.3, 0.4) is 0 Å². The first-order valence-corrected chi connectivity index (χ1v) is 6.28. The molecule has 2 aromatic rings. The number of anilines is 1. The summed E-state index contributed by atoms with van der Waals surface area (Å²) >= 11 is 0. The zero-order chi connectivity index (χ0) is 15.2. The lowest BCUT2D eigenvalue weighted by Crippen LogP contribution is -2.07. The summed E-state index contributed by atoms with van der Waals surface area (Å²) in [4.78, 5) is 18.2. The Morgan fingerprint density at radius 3 is 2.90 bits per heavy atom. The third kappa shape index (κ3) is 3.62. The van der Waals surface area contributed by atoms with Crippen molar-refractivity contribution in [1.82, 2.24) is 9.97 Å². The molecular formula is C13H13FN4O3. The van der Waals surface area contributed by atoms with Gasteiger partial charge in [-0.2, -0.15) is 4.98 Å². The van der Waals surface area contributed by atoms with Gasteiger partial charge < -0.3 is 10.1 Å². The Bertz CT molecular complexity index is 651. The second-order valence-electron chi connectivity index (χ2n) is 4.12. The summed E-state index contributed by atoms with van der Waals surface area (Å²) in [5.41, 5.74) is -0.379. The zero-order valence-corrected chi connectivity index (χ0v) is 11.2. The highest BCUT2D eigenvalue weighted by Gasteiger charge is 2.24. The Balaban J connectivity index is 2.36. The van der Waals surface area contributed by atoms with E-state index in [0.717, 1.165) is 18.8 Å². The molecule has 1 N–H and O–H groups in total. The van der Waals surface area contributed by atoms with Crippen LogP contribution >= 0.6 is 0 Å². The fourth-order valence-corrected chi connectivity index (χ4v) is 1.62. The second-order valence-corrected chi connectivity index (χ2v) is 4.12. The van der Waals surface area contributed by atoms with E-state index in [1.54, 1.807) is 0 Å². The molecule has 2 rings (SSSR count). The van der Waals surface area contributed by atoms with Crippen LogP contribution in [-0.4, -0.2) is 21.4 Å². The van der Waals surface area contributed by atoms with Crippen molar-refractivity contribution in [2.24, 2.45) is 0 Å². The van der Waals surface area contributed by atoms with E-state index in [1.165, 1.54) is 18.2 Å². The van der Waals surface area contributed by atoms with Crippen LogP contribution in [0.1, 0.15) is 13.3 Å². The van der Waals surface area contributed by atoms with Crippen molar-refractivity contribution in [2.75, 3.05) is 11.9 Å². The zero-order valence-electron chi connectivity index (χ0n) is 11.2. The van der Waals surface area contributed by atoms with Crippen molar-refractivity contribution < 1.29 is 14.1 Å². The average Bonchev–Trinajstić information content (AvgIpc) is 2.45. The molecule has 0 unspecified atom stereocenters. The van der Waals surface area contributed by atoms with E-state index in [1.807, 2.05) is 6.92 Å². The van der Waals surface area contributed by atoms with Crippen LogP contribution < -0.4 is 10.1 Å². The summed E-state index contributed by atoms with van der Waals surface area (Å²) in [7, 11) is 0. The Morgan fingerprint density at radius 1 is 1.43 bits per heavy atom. The number of nitro groups is 1. The van der Waals surface area contributed by atoms with Crippen LogP contribution in [0.15, 0.2) is 30.6 Å². The van der Waals surface area contributed by atoms with Crippen LogP contribution in [-0.2, 0) is 0 Å². The number of halogens is 1. The fraction of sp³-hybridized carbons (Fsp3) is 0.231. The number of rotatable bonds is 6. The highest BCUT2D eigenvalue weighted by molar-refractivity contribution is 5.61. The molecule has 0 aliphatic carbocycles. The van der Waals surface area contributed by atoms with Gasteiger partial charge in [0, 0.05) is 12.6 Å². The predicted molar refractivity (Wildman–Crippen MR) is 73.9 cm³/mol. The van der Waals surface area contributed by atoms with E-state index in [2.05, 4.69) is 15.3 Å². The minimum absolute atomic E-state index is 0.0725. The molecule has 0 fully saturated rings. The summed E-state index contributed by atoms with van der Waals surface area (Å²) in [6.07, 6.45) is 1.93. The molecule has 0 amide bonds. The third-order valence-corrected chi connectivity index (χ3v) is 2.52. The molecule has 0 aliphatic rings. The van der Waals surface area contributed by atoms with E-state index in [0.29, 0.717) is 6.54 Å². The lowest BCUT2D eigenvalue weighted by atomic mass is 10.3. The average molecular weight is 292 g/mol. The molecule has 1 aromatic carbocycles. The molecule has 1 heterocycles. The molecular weight excluding hydrogens is 279 g/mol. The van der Waals surface area contributed by atoms with E-state index in [4.69, 9.17) is 4.74 Å². The van der Waals surface area contributed by atoms with Crippen LogP contribution in [0.5, 0.6) is 11.6 Å². The number of benzene rings is 1. The van der Waals surface area contributed by atoms with Crippen molar-refractivity contribution >= 4 is 11.5 Å². The SMILES string of the molecule is CCCNc1ncnc(Oc2cccc(F)c2)c1[N+](=O)[O-]. The molecule has 0 bridgehead atoms. The molecule has 0 spiro atoms.